The van der Waals surface area contributed by atoms with Crippen LogP contribution in [-0.4, -0.2) is 12.9 Å². The Labute approximate surface area is 70.4 Å². The highest BCUT2D eigenvalue weighted by Crippen LogP contribution is 2.08. The van der Waals surface area contributed by atoms with Gasteiger partial charge in [-0.3, -0.25) is 0 Å². The van der Waals surface area contributed by atoms with Gasteiger partial charge in [-0.25, -0.2) is 5.11 Å². The molecule has 1 aromatic heterocycles. The first-order valence-electron chi connectivity index (χ1n) is 3.59. The minimum atomic E-state index is -0.894. The van der Waals surface area contributed by atoms with Gasteiger partial charge in [0.15, 0.2) is 6.29 Å². The van der Waals surface area contributed by atoms with Crippen LogP contribution in [0.4, 0.5) is 0 Å². The summed E-state index contributed by atoms with van der Waals surface area (Å²) in [6.45, 7) is 2.04. The topological polar surface area (TPSA) is 29.1 Å². The Bertz CT molecular complexity index is 182. The molecule has 0 bridgehead atoms. The SMILES string of the molecule is CC([O])OCCc1cccs1. The van der Waals surface area contributed by atoms with Crippen LogP contribution >= 0.6 is 11.3 Å². The predicted octanol–water partition coefficient (Wildman–Crippen LogP) is 2.08. The highest BCUT2D eigenvalue weighted by molar-refractivity contribution is 7.09. The van der Waals surface area contributed by atoms with Crippen molar-refractivity contribution >= 4 is 11.3 Å². The molecule has 1 rings (SSSR count). The van der Waals surface area contributed by atoms with E-state index in [2.05, 4.69) is 0 Å². The van der Waals surface area contributed by atoms with Gasteiger partial charge in [-0.15, -0.1) is 11.3 Å². The Hall–Kier alpha value is -0.380. The molecule has 0 N–H and O–H groups in total. The van der Waals surface area contributed by atoms with Crippen molar-refractivity contribution in [2.24, 2.45) is 0 Å². The van der Waals surface area contributed by atoms with Crippen LogP contribution in [0.3, 0.4) is 0 Å². The number of rotatable bonds is 4. The molecule has 0 saturated heterocycles. The first-order chi connectivity index (χ1) is 5.29. The molecule has 1 radical (unpaired) electrons. The molecule has 1 unspecified atom stereocenters. The third kappa shape index (κ3) is 3.51. The Kier molecular flexibility index (Phi) is 3.56. The van der Waals surface area contributed by atoms with Crippen LogP contribution in [0.1, 0.15) is 11.8 Å². The summed E-state index contributed by atoms with van der Waals surface area (Å²) in [7, 11) is 0. The fourth-order valence-electron chi connectivity index (χ4n) is 0.780. The monoisotopic (exact) mass is 171 g/mol. The van der Waals surface area contributed by atoms with E-state index in [1.165, 1.54) is 11.8 Å². The Morgan fingerprint density at radius 2 is 2.55 bits per heavy atom. The first kappa shape index (κ1) is 8.71. The molecule has 0 spiro atoms. The molecule has 0 aliphatic rings. The summed E-state index contributed by atoms with van der Waals surface area (Å²) in [5.74, 6) is 0. The van der Waals surface area contributed by atoms with Crippen molar-refractivity contribution in [2.45, 2.75) is 19.6 Å². The maximum absolute atomic E-state index is 10.4. The Morgan fingerprint density at radius 3 is 3.09 bits per heavy atom. The van der Waals surface area contributed by atoms with Crippen molar-refractivity contribution in [3.05, 3.63) is 22.4 Å². The van der Waals surface area contributed by atoms with Gasteiger partial charge in [0.1, 0.15) is 0 Å². The molecular weight excluding hydrogens is 160 g/mol. The molecule has 0 aliphatic carbocycles. The average molecular weight is 171 g/mol. The lowest BCUT2D eigenvalue weighted by Gasteiger charge is -2.02. The van der Waals surface area contributed by atoms with Crippen LogP contribution in [0.15, 0.2) is 17.5 Å². The fourth-order valence-corrected chi connectivity index (χ4v) is 1.47. The first-order valence-corrected chi connectivity index (χ1v) is 4.47. The van der Waals surface area contributed by atoms with Gasteiger partial charge in [-0.1, -0.05) is 6.07 Å². The number of hydrogen-bond acceptors (Lipinski definition) is 2. The summed E-state index contributed by atoms with van der Waals surface area (Å²) in [5.41, 5.74) is 0. The van der Waals surface area contributed by atoms with Crippen LogP contribution in [-0.2, 0) is 16.3 Å². The van der Waals surface area contributed by atoms with Crippen LogP contribution in [0.5, 0.6) is 0 Å². The van der Waals surface area contributed by atoms with Crippen LogP contribution in [0, 0.1) is 0 Å². The molecule has 3 heteroatoms. The number of hydrogen-bond donors (Lipinski definition) is 0. The third-order valence-electron chi connectivity index (χ3n) is 1.28. The molecule has 0 amide bonds. The molecule has 0 fully saturated rings. The van der Waals surface area contributed by atoms with Gasteiger partial charge >= 0.3 is 0 Å². The lowest BCUT2D eigenvalue weighted by Crippen LogP contribution is -2.06. The second-order valence-corrected chi connectivity index (χ2v) is 3.30. The van der Waals surface area contributed by atoms with Gasteiger partial charge in [-0.2, -0.15) is 0 Å². The zero-order valence-corrected chi connectivity index (χ0v) is 7.26. The molecule has 1 heterocycles. The summed E-state index contributed by atoms with van der Waals surface area (Å²) in [6, 6.07) is 4.05. The normalized spacial score (nSPS) is 13.3. The Morgan fingerprint density at radius 1 is 1.73 bits per heavy atom. The average Bonchev–Trinajstić information content (AvgIpc) is 2.39. The standard InChI is InChI=1S/C8H11O2S/c1-7(9)10-5-4-8-3-2-6-11-8/h2-3,6-7H,4-5H2,1H3. The van der Waals surface area contributed by atoms with E-state index >= 15 is 0 Å². The third-order valence-corrected chi connectivity index (χ3v) is 2.22. The van der Waals surface area contributed by atoms with Crippen molar-refractivity contribution in [1.82, 2.24) is 0 Å². The van der Waals surface area contributed by atoms with Gasteiger partial charge in [0, 0.05) is 11.3 Å². The summed E-state index contributed by atoms with van der Waals surface area (Å²) in [6.07, 6.45) is -0.0421. The van der Waals surface area contributed by atoms with Crippen LogP contribution < -0.4 is 0 Å². The van der Waals surface area contributed by atoms with E-state index in [1.54, 1.807) is 11.3 Å². The van der Waals surface area contributed by atoms with Crippen molar-refractivity contribution in [3.8, 4) is 0 Å². The van der Waals surface area contributed by atoms with E-state index in [0.29, 0.717) is 6.61 Å². The molecule has 61 valence electrons. The molecule has 0 aliphatic heterocycles. The van der Waals surface area contributed by atoms with Crippen molar-refractivity contribution in [1.29, 1.82) is 0 Å². The van der Waals surface area contributed by atoms with Crippen molar-refractivity contribution < 1.29 is 9.84 Å². The second-order valence-electron chi connectivity index (χ2n) is 2.27. The molecular formula is C8H11O2S. The molecule has 1 atom stereocenters. The van der Waals surface area contributed by atoms with Crippen molar-refractivity contribution in [3.63, 3.8) is 0 Å². The largest absolute Gasteiger partial charge is 0.350 e. The van der Waals surface area contributed by atoms with Gasteiger partial charge in [-0.05, 0) is 18.4 Å². The lowest BCUT2D eigenvalue weighted by atomic mass is 10.4. The highest BCUT2D eigenvalue weighted by Gasteiger charge is 1.97. The van der Waals surface area contributed by atoms with Gasteiger partial charge < -0.3 is 4.74 Å². The van der Waals surface area contributed by atoms with E-state index in [0.717, 1.165) is 6.42 Å². The number of ether oxygens (including phenoxy) is 1. The van der Waals surface area contributed by atoms with Crippen LogP contribution in [0.25, 0.3) is 0 Å². The minimum absolute atomic E-state index is 0.533. The second kappa shape index (κ2) is 4.49. The van der Waals surface area contributed by atoms with E-state index in [4.69, 9.17) is 4.74 Å². The highest BCUT2D eigenvalue weighted by atomic mass is 32.1. The van der Waals surface area contributed by atoms with E-state index in [1.807, 2.05) is 17.5 Å². The summed E-state index contributed by atoms with van der Waals surface area (Å²) in [4.78, 5) is 1.27. The summed E-state index contributed by atoms with van der Waals surface area (Å²) < 4.78 is 4.87. The quantitative estimate of drug-likeness (QED) is 0.638. The van der Waals surface area contributed by atoms with Crippen LogP contribution in [0.2, 0.25) is 0 Å². The van der Waals surface area contributed by atoms with Crippen molar-refractivity contribution in [2.75, 3.05) is 6.61 Å². The molecule has 1 aromatic rings. The molecule has 0 saturated carbocycles. The maximum atomic E-state index is 10.4. The van der Waals surface area contributed by atoms with Gasteiger partial charge in [0.05, 0.1) is 6.61 Å². The van der Waals surface area contributed by atoms with E-state index < -0.39 is 6.29 Å². The zero-order valence-electron chi connectivity index (χ0n) is 6.45. The van der Waals surface area contributed by atoms with Gasteiger partial charge in [0.2, 0.25) is 0 Å². The predicted molar refractivity (Wildman–Crippen MR) is 44.1 cm³/mol. The zero-order chi connectivity index (χ0) is 8.10. The van der Waals surface area contributed by atoms with E-state index in [9.17, 15) is 5.11 Å². The smallest absolute Gasteiger partial charge is 0.188 e. The fraction of sp³-hybridized carbons (Fsp3) is 0.500. The summed E-state index contributed by atoms with van der Waals surface area (Å²) >= 11 is 1.69. The summed E-state index contributed by atoms with van der Waals surface area (Å²) in [5, 5.41) is 12.5. The Balaban J connectivity index is 2.14. The van der Waals surface area contributed by atoms with E-state index in [-0.39, 0.29) is 0 Å². The minimum Gasteiger partial charge on any atom is -0.350 e. The molecule has 0 aromatic carbocycles. The molecule has 11 heavy (non-hydrogen) atoms. The maximum Gasteiger partial charge on any atom is 0.188 e. The molecule has 2 nitrogen and oxygen atoms in total. The lowest BCUT2D eigenvalue weighted by molar-refractivity contribution is -0.125. The number of thiophene rings is 1. The van der Waals surface area contributed by atoms with Gasteiger partial charge in [0.25, 0.3) is 0 Å².